The third-order valence-electron chi connectivity index (χ3n) is 10.0. The van der Waals surface area contributed by atoms with Gasteiger partial charge in [0.05, 0.1) is 0 Å². The van der Waals surface area contributed by atoms with Crippen LogP contribution in [-0.4, -0.2) is 99.8 Å². The number of carbonyl (C=O) groups excluding carboxylic acids is 3. The molecule has 0 unspecified atom stereocenters. The summed E-state index contributed by atoms with van der Waals surface area (Å²) in [5.41, 5.74) is 9.74. The van der Waals surface area contributed by atoms with E-state index >= 15 is 0 Å². The maximum Gasteiger partial charge on any atom is 0.407 e. The first-order valence-electron chi connectivity index (χ1n) is 18.4. The molecule has 4 N–H and O–H groups in total. The van der Waals surface area contributed by atoms with E-state index in [0.29, 0.717) is 36.5 Å². The zero-order valence-corrected chi connectivity index (χ0v) is 31.0. The number of ether oxygens (including phenoxy) is 1. The number of hydrogen-bond donors (Lipinski definition) is 3. The zero-order chi connectivity index (χ0) is 37.5. The molecule has 53 heavy (non-hydrogen) atoms. The highest BCUT2D eigenvalue weighted by Gasteiger charge is 2.36. The molecule has 3 amide bonds. The molecule has 1 atom stereocenters. The van der Waals surface area contributed by atoms with Gasteiger partial charge in [0, 0.05) is 62.5 Å². The van der Waals surface area contributed by atoms with E-state index in [-0.39, 0.29) is 24.2 Å². The van der Waals surface area contributed by atoms with E-state index in [1.165, 1.54) is 0 Å². The molecule has 14 heteroatoms. The second-order valence-electron chi connectivity index (χ2n) is 15.1. The molecule has 14 nitrogen and oxygen atoms in total. The molecule has 4 aromatic rings. The molecule has 1 saturated carbocycles. The topological polar surface area (TPSA) is 176 Å². The molecule has 0 bridgehead atoms. The number of benzene rings is 2. The van der Waals surface area contributed by atoms with Gasteiger partial charge >= 0.3 is 6.09 Å². The predicted octanol–water partition coefficient (Wildman–Crippen LogP) is 4.44. The lowest BCUT2D eigenvalue weighted by Gasteiger charge is -2.36. The number of nitrogens with two attached hydrogens (primary N) is 1. The number of alkyl carbamates (subject to hydrolysis) is 1. The van der Waals surface area contributed by atoms with E-state index in [1.807, 2.05) is 51.2 Å². The summed E-state index contributed by atoms with van der Waals surface area (Å²) in [5.74, 6) is 0.510. The molecule has 1 saturated heterocycles. The molecule has 280 valence electrons. The lowest BCUT2D eigenvalue weighted by Crippen LogP contribution is -2.52. The Balaban J connectivity index is 1.22. The quantitative estimate of drug-likeness (QED) is 0.201. The van der Waals surface area contributed by atoms with E-state index in [4.69, 9.17) is 10.5 Å². The highest BCUT2D eigenvalue weighted by molar-refractivity contribution is 6.01. The van der Waals surface area contributed by atoms with Gasteiger partial charge < -0.3 is 25.6 Å². The summed E-state index contributed by atoms with van der Waals surface area (Å²) in [4.78, 5) is 51.0. The number of aromatic nitrogens is 5. The lowest BCUT2D eigenvalue weighted by molar-refractivity contribution is -0.127. The lowest BCUT2D eigenvalue weighted by atomic mass is 9.81. The second kappa shape index (κ2) is 16.5. The standard InChI is InChI=1S/C39H50N10O4/c1-39(2,3)53-38(52)42-25-26-8-10-29(11-9-26)37(51)49(32-14-12-28(13-15-32)36-43-45-46-44-36)33(35(40)50)23-27-6-5-7-30(22-27)31-16-17-41-34(24-31)48-20-18-47(4)19-21-48/h5-7,12-17,22,24,26,29,33H,8-11,18-21,23,25H2,1-4H3,(H2,40,50)(H,42,52)(H,43,44,45,46)/t26?,29?,33-/m0/s1. The van der Waals surface area contributed by atoms with E-state index in [9.17, 15) is 14.4 Å². The van der Waals surface area contributed by atoms with Crippen molar-refractivity contribution in [1.29, 1.82) is 0 Å². The maximum atomic E-state index is 14.5. The molecule has 6 rings (SSSR count). The molecular weight excluding hydrogens is 672 g/mol. The summed E-state index contributed by atoms with van der Waals surface area (Å²) in [7, 11) is 2.13. The van der Waals surface area contributed by atoms with Crippen LogP contribution in [0.2, 0.25) is 0 Å². The van der Waals surface area contributed by atoms with Crippen molar-refractivity contribution in [2.24, 2.45) is 17.6 Å². The molecule has 0 spiro atoms. The summed E-state index contributed by atoms with van der Waals surface area (Å²) in [6, 6.07) is 18.4. The molecule has 2 aromatic heterocycles. The van der Waals surface area contributed by atoms with Crippen molar-refractivity contribution in [2.45, 2.75) is 64.5 Å². The fourth-order valence-corrected chi connectivity index (χ4v) is 7.09. The fraction of sp³-hybridized carbons (Fsp3) is 0.462. The second-order valence-corrected chi connectivity index (χ2v) is 15.1. The summed E-state index contributed by atoms with van der Waals surface area (Å²) in [5, 5.41) is 17.1. The van der Waals surface area contributed by atoms with Gasteiger partial charge in [0.2, 0.25) is 17.6 Å². The number of tetrazole rings is 1. The van der Waals surface area contributed by atoms with Crippen LogP contribution in [0.15, 0.2) is 66.9 Å². The molecule has 2 aliphatic rings. The van der Waals surface area contributed by atoms with Crippen LogP contribution in [0.5, 0.6) is 0 Å². The number of hydrogen-bond acceptors (Lipinski definition) is 10. The maximum absolute atomic E-state index is 14.5. The highest BCUT2D eigenvalue weighted by atomic mass is 16.6. The molecule has 1 aliphatic heterocycles. The van der Waals surface area contributed by atoms with Crippen molar-refractivity contribution in [3.8, 4) is 22.5 Å². The first-order valence-corrected chi connectivity index (χ1v) is 18.4. The monoisotopic (exact) mass is 722 g/mol. The number of anilines is 2. The van der Waals surface area contributed by atoms with Crippen molar-refractivity contribution >= 4 is 29.4 Å². The van der Waals surface area contributed by atoms with Gasteiger partial charge in [-0.05, 0) is 118 Å². The third-order valence-corrected chi connectivity index (χ3v) is 10.0. The summed E-state index contributed by atoms with van der Waals surface area (Å²) < 4.78 is 5.39. The smallest absolute Gasteiger partial charge is 0.407 e. The Morgan fingerprint density at radius 3 is 2.34 bits per heavy atom. The van der Waals surface area contributed by atoms with Crippen LogP contribution in [0.1, 0.15) is 52.0 Å². The van der Waals surface area contributed by atoms with Crippen LogP contribution < -0.4 is 20.9 Å². The van der Waals surface area contributed by atoms with Gasteiger partial charge in [-0.3, -0.25) is 14.5 Å². The molecule has 1 aliphatic carbocycles. The molecular formula is C39H50N10O4. The van der Waals surface area contributed by atoms with Gasteiger partial charge in [-0.15, -0.1) is 10.2 Å². The summed E-state index contributed by atoms with van der Waals surface area (Å²) in [6.45, 7) is 9.76. The number of amides is 3. The number of pyridine rings is 1. The van der Waals surface area contributed by atoms with Crippen molar-refractivity contribution < 1.29 is 19.1 Å². The Morgan fingerprint density at radius 2 is 1.68 bits per heavy atom. The van der Waals surface area contributed by atoms with Crippen LogP contribution in [0.4, 0.5) is 16.3 Å². The summed E-state index contributed by atoms with van der Waals surface area (Å²) >= 11 is 0. The van der Waals surface area contributed by atoms with Crippen molar-refractivity contribution in [2.75, 3.05) is 49.6 Å². The highest BCUT2D eigenvalue weighted by Crippen LogP contribution is 2.34. The number of nitrogens with one attached hydrogen (secondary N) is 2. The minimum Gasteiger partial charge on any atom is -0.444 e. The summed E-state index contributed by atoms with van der Waals surface area (Å²) in [6.07, 6.45) is 4.37. The van der Waals surface area contributed by atoms with Crippen molar-refractivity contribution in [3.05, 3.63) is 72.4 Å². The number of rotatable bonds is 11. The van der Waals surface area contributed by atoms with Gasteiger partial charge in [0.1, 0.15) is 17.5 Å². The van der Waals surface area contributed by atoms with Gasteiger partial charge in [0.15, 0.2) is 0 Å². The van der Waals surface area contributed by atoms with Crippen LogP contribution >= 0.6 is 0 Å². The van der Waals surface area contributed by atoms with E-state index in [0.717, 1.165) is 61.5 Å². The van der Waals surface area contributed by atoms with Crippen LogP contribution in [0.3, 0.4) is 0 Å². The number of nitrogens with zero attached hydrogens (tertiary/aromatic N) is 7. The average molecular weight is 723 g/mol. The van der Waals surface area contributed by atoms with Gasteiger partial charge in [0.25, 0.3) is 0 Å². The van der Waals surface area contributed by atoms with Crippen molar-refractivity contribution in [1.82, 2.24) is 35.8 Å². The number of H-pyrrole nitrogens is 1. The Bertz CT molecular complexity index is 1840. The SMILES string of the molecule is CN1CCN(c2cc(-c3cccc(C[C@@H](C(N)=O)N(C(=O)C4CCC(CNC(=O)OC(C)(C)C)CC4)c4ccc(-c5nn[nH]n5)cc4)c3)ccn2)CC1. The minimum atomic E-state index is -0.946. The fourth-order valence-electron chi connectivity index (χ4n) is 7.09. The van der Waals surface area contributed by atoms with E-state index in [1.54, 1.807) is 29.2 Å². The zero-order valence-electron chi connectivity index (χ0n) is 31.0. The van der Waals surface area contributed by atoms with Gasteiger partial charge in [-0.1, -0.05) is 24.3 Å². The Hall–Kier alpha value is -5.37. The number of primary amides is 1. The Morgan fingerprint density at radius 1 is 0.962 bits per heavy atom. The van der Waals surface area contributed by atoms with E-state index < -0.39 is 23.6 Å². The van der Waals surface area contributed by atoms with Crippen LogP contribution in [0, 0.1) is 11.8 Å². The molecule has 3 heterocycles. The Kier molecular flexibility index (Phi) is 11.7. The Labute approximate surface area is 310 Å². The molecule has 0 radical (unpaired) electrons. The number of likely N-dealkylation sites (N-methyl/N-ethyl adjacent to an activating group) is 1. The third kappa shape index (κ3) is 9.74. The van der Waals surface area contributed by atoms with Crippen LogP contribution in [0.25, 0.3) is 22.5 Å². The average Bonchev–Trinajstić information content (AvgIpc) is 3.69. The minimum absolute atomic E-state index is 0.151. The van der Waals surface area contributed by atoms with E-state index in [2.05, 4.69) is 59.9 Å². The van der Waals surface area contributed by atoms with Crippen molar-refractivity contribution in [3.63, 3.8) is 0 Å². The van der Waals surface area contributed by atoms with Gasteiger partial charge in [-0.25, -0.2) is 9.78 Å². The number of carbonyl (C=O) groups is 3. The number of aromatic amines is 1. The number of piperazine rings is 1. The first-order chi connectivity index (χ1) is 25.4. The molecule has 2 aromatic carbocycles. The largest absolute Gasteiger partial charge is 0.444 e. The first kappa shape index (κ1) is 37.4. The van der Waals surface area contributed by atoms with Gasteiger partial charge in [-0.2, -0.15) is 5.21 Å². The van der Waals surface area contributed by atoms with Crippen LogP contribution in [-0.2, 0) is 20.7 Å². The molecule has 2 fully saturated rings. The normalized spacial score (nSPS) is 18.6. The predicted molar refractivity (Wildman–Crippen MR) is 203 cm³/mol.